The van der Waals surface area contributed by atoms with Crippen LogP contribution in [0.15, 0.2) is 41.0 Å². The van der Waals surface area contributed by atoms with Crippen LogP contribution in [0.25, 0.3) is 0 Å². The van der Waals surface area contributed by atoms with E-state index < -0.39 is 0 Å². The number of aryl methyl sites for hydroxylation is 2. The summed E-state index contributed by atoms with van der Waals surface area (Å²) < 4.78 is 1.01. The van der Waals surface area contributed by atoms with E-state index >= 15 is 0 Å². The second-order valence-corrected chi connectivity index (χ2v) is 5.11. The minimum atomic E-state index is 0.746. The smallest absolute Gasteiger partial charge is 0.0595 e. The number of nitrogens with one attached hydrogen (secondary N) is 1. The molecule has 0 aliphatic carbocycles. The van der Waals surface area contributed by atoms with Gasteiger partial charge in [-0.1, -0.05) is 6.07 Å². The average molecular weight is 291 g/mol. The summed E-state index contributed by atoms with van der Waals surface area (Å²) in [6.45, 7) is 4.96. The monoisotopic (exact) mass is 290 g/mol. The molecule has 0 fully saturated rings. The molecule has 1 heterocycles. The second kappa shape index (κ2) is 5.32. The molecule has 3 heteroatoms. The second-order valence-electron chi connectivity index (χ2n) is 4.20. The van der Waals surface area contributed by atoms with Gasteiger partial charge in [-0.15, -0.1) is 0 Å². The molecule has 0 saturated heterocycles. The average Bonchev–Trinajstić information content (AvgIpc) is 2.27. The number of anilines is 1. The van der Waals surface area contributed by atoms with E-state index in [1.165, 1.54) is 11.1 Å². The van der Waals surface area contributed by atoms with Crippen LogP contribution in [0.3, 0.4) is 0 Å². The third-order valence-corrected chi connectivity index (χ3v) is 2.95. The van der Waals surface area contributed by atoms with Crippen LogP contribution in [0.4, 0.5) is 5.69 Å². The van der Waals surface area contributed by atoms with Crippen molar-refractivity contribution in [3.05, 3.63) is 57.8 Å². The summed E-state index contributed by atoms with van der Waals surface area (Å²) in [6.07, 6.45) is 1.82. The van der Waals surface area contributed by atoms with Gasteiger partial charge in [0, 0.05) is 16.4 Å². The van der Waals surface area contributed by atoms with E-state index in [-0.39, 0.29) is 0 Å². The van der Waals surface area contributed by atoms with Gasteiger partial charge < -0.3 is 5.32 Å². The molecule has 2 aromatic rings. The van der Waals surface area contributed by atoms with Crippen LogP contribution in [0.1, 0.15) is 16.8 Å². The Labute approximate surface area is 110 Å². The molecule has 2 rings (SSSR count). The largest absolute Gasteiger partial charge is 0.379 e. The van der Waals surface area contributed by atoms with Crippen molar-refractivity contribution in [1.82, 2.24) is 4.98 Å². The maximum Gasteiger partial charge on any atom is 0.0595 e. The Morgan fingerprint density at radius 1 is 1.12 bits per heavy atom. The number of benzene rings is 1. The van der Waals surface area contributed by atoms with Crippen LogP contribution < -0.4 is 5.32 Å². The Bertz CT molecular complexity index is 486. The Morgan fingerprint density at radius 2 is 1.82 bits per heavy atom. The van der Waals surface area contributed by atoms with Crippen molar-refractivity contribution in [2.24, 2.45) is 0 Å². The van der Waals surface area contributed by atoms with Crippen LogP contribution >= 0.6 is 15.9 Å². The molecule has 0 bridgehead atoms. The Morgan fingerprint density at radius 3 is 2.41 bits per heavy atom. The lowest BCUT2D eigenvalue weighted by Crippen LogP contribution is -2.01. The number of aromatic nitrogens is 1. The molecule has 1 aromatic carbocycles. The minimum Gasteiger partial charge on any atom is -0.379 e. The van der Waals surface area contributed by atoms with Gasteiger partial charge in [-0.2, -0.15) is 0 Å². The van der Waals surface area contributed by atoms with Gasteiger partial charge in [0.2, 0.25) is 0 Å². The molecule has 17 heavy (non-hydrogen) atoms. The van der Waals surface area contributed by atoms with E-state index in [1.54, 1.807) is 0 Å². The van der Waals surface area contributed by atoms with Crippen molar-refractivity contribution in [2.75, 3.05) is 5.32 Å². The molecule has 2 nitrogen and oxygen atoms in total. The van der Waals surface area contributed by atoms with Crippen molar-refractivity contribution < 1.29 is 0 Å². The highest BCUT2D eigenvalue weighted by atomic mass is 79.9. The number of hydrogen-bond acceptors (Lipinski definition) is 2. The standard InChI is InChI=1S/C14H15BrN2/c1-10-5-11(2)7-14(6-10)17-9-13-4-3-12(15)8-16-13/h3-8,17H,9H2,1-2H3. The van der Waals surface area contributed by atoms with Crippen molar-refractivity contribution in [3.63, 3.8) is 0 Å². The fraction of sp³-hybridized carbons (Fsp3) is 0.214. The lowest BCUT2D eigenvalue weighted by Gasteiger charge is -2.08. The summed E-state index contributed by atoms with van der Waals surface area (Å²) in [5.41, 5.74) is 4.73. The highest BCUT2D eigenvalue weighted by molar-refractivity contribution is 9.10. The number of hydrogen-bond donors (Lipinski definition) is 1. The highest BCUT2D eigenvalue weighted by Crippen LogP contribution is 2.15. The van der Waals surface area contributed by atoms with Crippen LogP contribution in [0, 0.1) is 13.8 Å². The Balaban J connectivity index is 2.04. The summed E-state index contributed by atoms with van der Waals surface area (Å²) in [5.74, 6) is 0. The molecule has 1 N–H and O–H groups in total. The molecule has 0 amide bonds. The first-order chi connectivity index (χ1) is 8.13. The molecule has 0 aliphatic heterocycles. The zero-order chi connectivity index (χ0) is 12.3. The summed E-state index contributed by atoms with van der Waals surface area (Å²) >= 11 is 3.38. The van der Waals surface area contributed by atoms with E-state index in [0.29, 0.717) is 0 Å². The van der Waals surface area contributed by atoms with Gasteiger partial charge in [0.25, 0.3) is 0 Å². The first-order valence-electron chi connectivity index (χ1n) is 5.56. The van der Waals surface area contributed by atoms with E-state index in [9.17, 15) is 0 Å². The fourth-order valence-electron chi connectivity index (χ4n) is 1.78. The Hall–Kier alpha value is -1.35. The molecule has 0 unspecified atom stereocenters. The third-order valence-electron chi connectivity index (χ3n) is 2.48. The molecule has 1 aromatic heterocycles. The lowest BCUT2D eigenvalue weighted by atomic mass is 10.1. The van der Waals surface area contributed by atoms with E-state index in [0.717, 1.165) is 22.4 Å². The summed E-state index contributed by atoms with van der Waals surface area (Å²) in [6, 6.07) is 10.5. The van der Waals surface area contributed by atoms with Gasteiger partial charge in [0.1, 0.15) is 0 Å². The quantitative estimate of drug-likeness (QED) is 0.922. The number of nitrogens with zero attached hydrogens (tertiary/aromatic N) is 1. The van der Waals surface area contributed by atoms with E-state index in [2.05, 4.69) is 58.3 Å². The lowest BCUT2D eigenvalue weighted by molar-refractivity contribution is 1.04. The first-order valence-corrected chi connectivity index (χ1v) is 6.35. The molecule has 0 spiro atoms. The van der Waals surface area contributed by atoms with E-state index in [1.807, 2.05) is 18.3 Å². The van der Waals surface area contributed by atoms with Gasteiger partial charge in [-0.25, -0.2) is 0 Å². The van der Waals surface area contributed by atoms with Gasteiger partial charge in [-0.05, 0) is 65.2 Å². The van der Waals surface area contributed by atoms with Crippen molar-refractivity contribution in [3.8, 4) is 0 Å². The SMILES string of the molecule is Cc1cc(C)cc(NCc2ccc(Br)cn2)c1. The normalized spacial score (nSPS) is 10.3. The minimum absolute atomic E-state index is 0.746. The number of rotatable bonds is 3. The van der Waals surface area contributed by atoms with E-state index in [4.69, 9.17) is 0 Å². The predicted molar refractivity (Wildman–Crippen MR) is 75.2 cm³/mol. The zero-order valence-electron chi connectivity index (χ0n) is 10.00. The number of halogens is 1. The van der Waals surface area contributed by atoms with Crippen LogP contribution in [0.5, 0.6) is 0 Å². The van der Waals surface area contributed by atoms with Gasteiger partial charge in [0.05, 0.1) is 12.2 Å². The molecule has 0 saturated carbocycles. The molecule has 0 radical (unpaired) electrons. The molecule has 88 valence electrons. The van der Waals surface area contributed by atoms with Crippen molar-refractivity contribution in [1.29, 1.82) is 0 Å². The summed E-state index contributed by atoms with van der Waals surface area (Å²) in [7, 11) is 0. The molecule has 0 atom stereocenters. The van der Waals surface area contributed by atoms with Gasteiger partial charge in [0.15, 0.2) is 0 Å². The molecule has 0 aliphatic rings. The van der Waals surface area contributed by atoms with Gasteiger partial charge >= 0.3 is 0 Å². The van der Waals surface area contributed by atoms with Crippen molar-refractivity contribution >= 4 is 21.6 Å². The zero-order valence-corrected chi connectivity index (χ0v) is 11.6. The maximum atomic E-state index is 4.33. The van der Waals surface area contributed by atoms with Crippen LogP contribution in [-0.4, -0.2) is 4.98 Å². The van der Waals surface area contributed by atoms with Gasteiger partial charge in [-0.3, -0.25) is 4.98 Å². The maximum absolute atomic E-state index is 4.33. The Kier molecular flexibility index (Phi) is 3.79. The topological polar surface area (TPSA) is 24.9 Å². The van der Waals surface area contributed by atoms with Crippen LogP contribution in [-0.2, 0) is 6.54 Å². The highest BCUT2D eigenvalue weighted by Gasteiger charge is 1.97. The molecular weight excluding hydrogens is 276 g/mol. The fourth-order valence-corrected chi connectivity index (χ4v) is 2.01. The molecular formula is C14H15BrN2. The van der Waals surface area contributed by atoms with Crippen LogP contribution in [0.2, 0.25) is 0 Å². The summed E-state index contributed by atoms with van der Waals surface area (Å²) in [5, 5.41) is 3.38. The first kappa shape index (κ1) is 12.1. The predicted octanol–water partition coefficient (Wildman–Crippen LogP) is 4.07. The third kappa shape index (κ3) is 3.56. The van der Waals surface area contributed by atoms with Crippen molar-refractivity contribution in [2.45, 2.75) is 20.4 Å². The summed E-state index contributed by atoms with van der Waals surface area (Å²) in [4.78, 5) is 4.33. The number of pyridine rings is 1.